The van der Waals surface area contributed by atoms with E-state index in [1.54, 1.807) is 31.5 Å². The van der Waals surface area contributed by atoms with Crippen LogP contribution in [-0.4, -0.2) is 42.9 Å². The first-order chi connectivity index (χ1) is 14.4. The molecule has 3 atom stereocenters. The summed E-state index contributed by atoms with van der Waals surface area (Å²) >= 11 is 6.49. The first-order valence-electron chi connectivity index (χ1n) is 10.1. The van der Waals surface area contributed by atoms with E-state index in [1.165, 1.54) is 0 Å². The van der Waals surface area contributed by atoms with Crippen molar-refractivity contribution in [3.05, 3.63) is 45.2 Å². The van der Waals surface area contributed by atoms with Crippen LogP contribution < -0.4 is 14.9 Å². The van der Waals surface area contributed by atoms with Crippen LogP contribution in [0.1, 0.15) is 38.0 Å². The molecule has 1 N–H and O–H groups in total. The zero-order valence-corrected chi connectivity index (χ0v) is 18.0. The number of rotatable bonds is 7. The molecule has 8 heteroatoms. The number of aliphatic hydroxyl groups excluding tert-OH is 1. The van der Waals surface area contributed by atoms with Crippen LogP contribution in [0.4, 0.5) is 0 Å². The summed E-state index contributed by atoms with van der Waals surface area (Å²) in [5.41, 5.74) is 1.71. The van der Waals surface area contributed by atoms with Gasteiger partial charge >= 0.3 is 0 Å². The van der Waals surface area contributed by atoms with Crippen molar-refractivity contribution in [3.8, 4) is 22.8 Å². The van der Waals surface area contributed by atoms with Gasteiger partial charge in [0.25, 0.3) is 0 Å². The molecule has 1 aromatic heterocycles. The summed E-state index contributed by atoms with van der Waals surface area (Å²) in [6.45, 7) is 5.72. The molecule has 4 rings (SSSR count). The van der Waals surface area contributed by atoms with Crippen molar-refractivity contribution < 1.29 is 24.1 Å². The number of halogens is 1. The van der Waals surface area contributed by atoms with E-state index in [1.807, 2.05) is 4.57 Å². The summed E-state index contributed by atoms with van der Waals surface area (Å²) in [6.07, 6.45) is 1.04. The van der Waals surface area contributed by atoms with Gasteiger partial charge in [0.2, 0.25) is 0 Å². The maximum atomic E-state index is 12.8. The Bertz CT molecular complexity index is 988. The fourth-order valence-electron chi connectivity index (χ4n) is 3.72. The standard InChI is InChI=1S/C22H26ClNO6/c1-12(2)17-11-29-19-9-20(28-6-4-5-27-3)15(23)7-13(19)16-8-18(25)14(10-24(16)17)21-22(26)30-21/h7-10,12,17,21-22,26H,4-6,11H2,1-3H3/t17-,21?,22?/m0/s1. The van der Waals surface area contributed by atoms with Crippen molar-refractivity contribution in [2.75, 3.05) is 26.9 Å². The van der Waals surface area contributed by atoms with E-state index < -0.39 is 12.4 Å². The highest BCUT2D eigenvalue weighted by molar-refractivity contribution is 6.32. The third-order valence-electron chi connectivity index (χ3n) is 5.48. The maximum Gasteiger partial charge on any atom is 0.188 e. The van der Waals surface area contributed by atoms with Crippen LogP contribution in [0.5, 0.6) is 11.5 Å². The van der Waals surface area contributed by atoms with Gasteiger partial charge in [0.15, 0.2) is 11.7 Å². The van der Waals surface area contributed by atoms with Crippen molar-refractivity contribution in [1.82, 2.24) is 4.57 Å². The summed E-state index contributed by atoms with van der Waals surface area (Å²) in [6, 6.07) is 5.12. The van der Waals surface area contributed by atoms with Gasteiger partial charge in [-0.3, -0.25) is 4.79 Å². The minimum Gasteiger partial charge on any atom is -0.492 e. The Morgan fingerprint density at radius 3 is 2.73 bits per heavy atom. The summed E-state index contributed by atoms with van der Waals surface area (Å²) < 4.78 is 24.1. The third kappa shape index (κ3) is 4.07. The summed E-state index contributed by atoms with van der Waals surface area (Å²) in [7, 11) is 1.65. The number of methoxy groups -OCH3 is 1. The first-order valence-corrected chi connectivity index (χ1v) is 10.5. The Balaban J connectivity index is 1.76. The van der Waals surface area contributed by atoms with E-state index in [9.17, 15) is 9.90 Å². The molecule has 30 heavy (non-hydrogen) atoms. The van der Waals surface area contributed by atoms with Gasteiger partial charge < -0.3 is 28.6 Å². The topological polar surface area (TPSA) is 82.5 Å². The number of hydrogen-bond acceptors (Lipinski definition) is 6. The van der Waals surface area contributed by atoms with Gasteiger partial charge in [-0.1, -0.05) is 25.4 Å². The van der Waals surface area contributed by atoms with Crippen LogP contribution >= 0.6 is 11.6 Å². The number of epoxide rings is 1. The van der Waals surface area contributed by atoms with E-state index in [4.69, 9.17) is 30.5 Å². The highest BCUT2D eigenvalue weighted by atomic mass is 35.5. The lowest BCUT2D eigenvalue weighted by Gasteiger charge is -2.24. The molecule has 0 spiro atoms. The molecule has 2 aliphatic rings. The van der Waals surface area contributed by atoms with Crippen molar-refractivity contribution in [2.24, 2.45) is 5.92 Å². The SMILES string of the molecule is COCCCOc1cc2c(cc1Cl)-c1cc(=O)c(C3OC3O)cn1[C@H](C(C)C)CO2. The minimum atomic E-state index is -0.921. The molecule has 0 radical (unpaired) electrons. The van der Waals surface area contributed by atoms with Crippen LogP contribution in [0, 0.1) is 5.92 Å². The molecular weight excluding hydrogens is 410 g/mol. The molecule has 2 aliphatic heterocycles. The second kappa shape index (κ2) is 8.59. The fourth-order valence-corrected chi connectivity index (χ4v) is 3.94. The predicted molar refractivity (Wildman–Crippen MR) is 112 cm³/mol. The first kappa shape index (κ1) is 21.2. The monoisotopic (exact) mass is 435 g/mol. The van der Waals surface area contributed by atoms with Crippen LogP contribution in [-0.2, 0) is 9.47 Å². The smallest absolute Gasteiger partial charge is 0.188 e. The number of hydrogen-bond donors (Lipinski definition) is 1. The average molecular weight is 436 g/mol. The zero-order valence-electron chi connectivity index (χ0n) is 17.3. The molecule has 2 unspecified atom stereocenters. The van der Waals surface area contributed by atoms with Gasteiger partial charge in [0.05, 0.1) is 23.4 Å². The number of nitrogens with zero attached hydrogens (tertiary/aromatic N) is 1. The van der Waals surface area contributed by atoms with Crippen LogP contribution in [0.15, 0.2) is 29.2 Å². The highest BCUT2D eigenvalue weighted by Gasteiger charge is 2.41. The Hall–Kier alpha value is -2.06. The van der Waals surface area contributed by atoms with Gasteiger partial charge in [-0.25, -0.2) is 0 Å². The number of benzene rings is 1. The zero-order chi connectivity index (χ0) is 21.4. The number of aromatic nitrogens is 1. The lowest BCUT2D eigenvalue weighted by molar-refractivity contribution is 0.156. The molecule has 0 amide bonds. The second-order valence-corrected chi connectivity index (χ2v) is 8.34. The van der Waals surface area contributed by atoms with Crippen LogP contribution in [0.3, 0.4) is 0 Å². The maximum absolute atomic E-state index is 12.8. The van der Waals surface area contributed by atoms with Gasteiger partial charge in [0, 0.05) is 49.6 Å². The number of aliphatic hydroxyl groups is 1. The predicted octanol–water partition coefficient (Wildman–Crippen LogP) is 3.56. The molecule has 2 aromatic rings. The molecule has 3 heterocycles. The lowest BCUT2D eigenvalue weighted by Crippen LogP contribution is -2.24. The molecule has 0 aliphatic carbocycles. The quantitative estimate of drug-likeness (QED) is 0.529. The lowest BCUT2D eigenvalue weighted by atomic mass is 10.0. The van der Waals surface area contributed by atoms with E-state index in [-0.39, 0.29) is 17.4 Å². The average Bonchev–Trinajstić information content (AvgIpc) is 3.45. The Morgan fingerprint density at radius 1 is 1.30 bits per heavy atom. The molecule has 0 saturated carbocycles. The molecule has 7 nitrogen and oxygen atoms in total. The Kier molecular flexibility index (Phi) is 6.06. The second-order valence-electron chi connectivity index (χ2n) is 7.93. The fraction of sp³-hybridized carbons (Fsp3) is 0.500. The Morgan fingerprint density at radius 2 is 2.07 bits per heavy atom. The third-order valence-corrected chi connectivity index (χ3v) is 5.78. The molecule has 162 valence electrons. The summed E-state index contributed by atoms with van der Waals surface area (Å²) in [4.78, 5) is 12.8. The highest BCUT2D eigenvalue weighted by Crippen LogP contribution is 2.43. The normalized spacial score (nSPS) is 22.1. The van der Waals surface area contributed by atoms with Gasteiger partial charge in [-0.05, 0) is 12.0 Å². The van der Waals surface area contributed by atoms with Crippen molar-refractivity contribution in [3.63, 3.8) is 0 Å². The molecule has 1 saturated heterocycles. The van der Waals surface area contributed by atoms with E-state index in [2.05, 4.69) is 13.8 Å². The Labute approximate surface area is 180 Å². The molecule has 1 fully saturated rings. The summed E-state index contributed by atoms with van der Waals surface area (Å²) in [5, 5.41) is 10.1. The van der Waals surface area contributed by atoms with Gasteiger partial charge in [-0.2, -0.15) is 0 Å². The molecule has 0 bridgehead atoms. The van der Waals surface area contributed by atoms with Crippen LogP contribution in [0.25, 0.3) is 11.3 Å². The van der Waals surface area contributed by atoms with E-state index in [0.29, 0.717) is 41.9 Å². The largest absolute Gasteiger partial charge is 0.492 e. The van der Waals surface area contributed by atoms with Crippen molar-refractivity contribution in [1.29, 1.82) is 0 Å². The molecule has 1 aromatic carbocycles. The van der Waals surface area contributed by atoms with Crippen molar-refractivity contribution in [2.45, 2.75) is 38.7 Å². The molecular formula is C22H26ClNO6. The summed E-state index contributed by atoms with van der Waals surface area (Å²) in [5.74, 6) is 1.40. The van der Waals surface area contributed by atoms with Gasteiger partial charge in [-0.15, -0.1) is 0 Å². The minimum absolute atomic E-state index is 0.00695. The van der Waals surface area contributed by atoms with E-state index >= 15 is 0 Å². The van der Waals surface area contributed by atoms with E-state index in [0.717, 1.165) is 17.7 Å². The number of pyridine rings is 1. The van der Waals surface area contributed by atoms with Crippen LogP contribution in [0.2, 0.25) is 5.02 Å². The number of ether oxygens (including phenoxy) is 4. The number of fused-ring (bicyclic) bond motifs is 3. The van der Waals surface area contributed by atoms with Crippen molar-refractivity contribution >= 4 is 11.6 Å². The van der Waals surface area contributed by atoms with Gasteiger partial charge in [0.1, 0.15) is 24.2 Å².